The monoisotopic (exact) mass is 408 g/mol. The second-order valence-electron chi connectivity index (χ2n) is 10.8. The molecule has 2 heterocycles. The summed E-state index contributed by atoms with van der Waals surface area (Å²) in [7, 11) is 0. The van der Waals surface area contributed by atoms with Gasteiger partial charge in [0.1, 0.15) is 16.9 Å². The average molecular weight is 409 g/mol. The van der Waals surface area contributed by atoms with Crippen LogP contribution in [0.15, 0.2) is 15.3 Å². The van der Waals surface area contributed by atoms with E-state index in [4.69, 9.17) is 9.15 Å². The Labute approximate surface area is 178 Å². The fourth-order valence-electron chi connectivity index (χ4n) is 5.99. The fraction of sp³-hybridized carbons (Fsp3) is 0.615. The second-order valence-corrected chi connectivity index (χ2v) is 10.8. The molecule has 0 N–H and O–H groups in total. The first-order chi connectivity index (χ1) is 14.2. The summed E-state index contributed by atoms with van der Waals surface area (Å²) in [6.45, 7) is 8.84. The van der Waals surface area contributed by atoms with Crippen LogP contribution >= 0.6 is 0 Å². The smallest absolute Gasteiger partial charge is 0.339 e. The molecule has 4 nitrogen and oxygen atoms in total. The number of rotatable bonds is 0. The van der Waals surface area contributed by atoms with Crippen LogP contribution in [0.5, 0.6) is 5.75 Å². The maximum Gasteiger partial charge on any atom is 0.339 e. The second kappa shape index (κ2) is 6.70. The van der Waals surface area contributed by atoms with Crippen LogP contribution < -0.4 is 10.4 Å². The lowest BCUT2D eigenvalue weighted by Crippen LogP contribution is -2.46. The quantitative estimate of drug-likeness (QED) is 0.508. The topological polar surface area (TPSA) is 56.5 Å². The third-order valence-corrected chi connectivity index (χ3v) is 7.92. The van der Waals surface area contributed by atoms with E-state index < -0.39 is 5.60 Å². The molecule has 2 aliphatic carbocycles. The number of fused-ring (bicyclic) bond motifs is 4. The lowest BCUT2D eigenvalue weighted by molar-refractivity contribution is -0.0131. The summed E-state index contributed by atoms with van der Waals surface area (Å²) >= 11 is 0. The number of carbonyl (C=O) groups is 1. The highest BCUT2D eigenvalue weighted by Gasteiger charge is 2.46. The molecule has 1 aromatic heterocycles. The molecule has 1 aliphatic heterocycles. The van der Waals surface area contributed by atoms with E-state index in [0.29, 0.717) is 29.2 Å². The normalized spacial score (nSPS) is 26.4. The fourth-order valence-corrected chi connectivity index (χ4v) is 5.99. The maximum absolute atomic E-state index is 13.3. The molecule has 30 heavy (non-hydrogen) atoms. The molecule has 0 unspecified atom stereocenters. The zero-order valence-electron chi connectivity index (χ0n) is 18.7. The number of ether oxygens (including phenoxy) is 1. The maximum atomic E-state index is 13.3. The lowest BCUT2D eigenvalue weighted by Gasteiger charge is -2.46. The van der Waals surface area contributed by atoms with Gasteiger partial charge in [0.2, 0.25) is 0 Å². The Bertz CT molecular complexity index is 1090. The van der Waals surface area contributed by atoms with Crippen molar-refractivity contribution in [2.45, 2.75) is 91.1 Å². The molecule has 5 rings (SSSR count). The largest absolute Gasteiger partial charge is 0.486 e. The number of benzene rings is 1. The summed E-state index contributed by atoms with van der Waals surface area (Å²) in [5.74, 6) is 1.48. The van der Waals surface area contributed by atoms with E-state index >= 15 is 0 Å². The standard InChI is InChI=1S/C26H32O4/c1-15-22-19(17-7-5-6-8-18(17)24(28)29-22)13-20-21(27)14-26(30-23(15)20)11-9-16(10-12-26)25(2,3)4/h13,16H,5-12,14H2,1-4H3. The van der Waals surface area contributed by atoms with Crippen LogP contribution in [0.4, 0.5) is 0 Å². The predicted molar refractivity (Wildman–Crippen MR) is 118 cm³/mol. The van der Waals surface area contributed by atoms with Crippen molar-refractivity contribution in [2.75, 3.05) is 0 Å². The summed E-state index contributed by atoms with van der Waals surface area (Å²) in [5, 5.41) is 0.935. The van der Waals surface area contributed by atoms with E-state index in [9.17, 15) is 9.59 Å². The van der Waals surface area contributed by atoms with Gasteiger partial charge in [-0.2, -0.15) is 0 Å². The van der Waals surface area contributed by atoms with Crippen molar-refractivity contribution in [2.24, 2.45) is 11.3 Å². The van der Waals surface area contributed by atoms with Crippen LogP contribution in [0.3, 0.4) is 0 Å². The van der Waals surface area contributed by atoms with Gasteiger partial charge in [-0.15, -0.1) is 0 Å². The van der Waals surface area contributed by atoms with Crippen LogP contribution in [0.1, 0.15) is 92.8 Å². The van der Waals surface area contributed by atoms with Crippen LogP contribution in [0.25, 0.3) is 11.0 Å². The summed E-state index contributed by atoms with van der Waals surface area (Å²) < 4.78 is 12.4. The number of hydrogen-bond acceptors (Lipinski definition) is 4. The Morgan fingerprint density at radius 2 is 1.70 bits per heavy atom. The molecule has 0 saturated heterocycles. The van der Waals surface area contributed by atoms with E-state index in [-0.39, 0.29) is 16.8 Å². The molecule has 0 bridgehead atoms. The van der Waals surface area contributed by atoms with Crippen LogP contribution in [0, 0.1) is 18.3 Å². The number of carbonyl (C=O) groups excluding carboxylic acids is 1. The van der Waals surface area contributed by atoms with Gasteiger partial charge >= 0.3 is 5.63 Å². The van der Waals surface area contributed by atoms with Crippen LogP contribution in [-0.4, -0.2) is 11.4 Å². The van der Waals surface area contributed by atoms with Crippen LogP contribution in [0.2, 0.25) is 0 Å². The van der Waals surface area contributed by atoms with Gasteiger partial charge in [0, 0.05) is 16.5 Å². The Morgan fingerprint density at radius 3 is 2.37 bits per heavy atom. The molecular weight excluding hydrogens is 376 g/mol. The first-order valence-corrected chi connectivity index (χ1v) is 11.5. The molecule has 1 spiro atoms. The molecule has 160 valence electrons. The van der Waals surface area contributed by atoms with Gasteiger partial charge in [0.05, 0.1) is 12.0 Å². The number of aryl methyl sites for hydroxylation is 2. The van der Waals surface area contributed by atoms with Crippen molar-refractivity contribution in [3.05, 3.63) is 38.7 Å². The molecule has 0 amide bonds. The Morgan fingerprint density at radius 1 is 1.03 bits per heavy atom. The molecule has 1 fully saturated rings. The van der Waals surface area contributed by atoms with E-state index in [1.54, 1.807) is 0 Å². The van der Waals surface area contributed by atoms with Gasteiger partial charge in [0.25, 0.3) is 0 Å². The Kier molecular flexibility index (Phi) is 4.43. The van der Waals surface area contributed by atoms with Crippen molar-refractivity contribution >= 4 is 16.8 Å². The minimum absolute atomic E-state index is 0.172. The van der Waals surface area contributed by atoms with Gasteiger partial charge < -0.3 is 9.15 Å². The Hall–Kier alpha value is -2.10. The number of ketones is 1. The SMILES string of the molecule is Cc1c2c(cc3c4c(c(=O)oc13)CCCC4)C(=O)CC1(CCC(C(C)(C)C)CC1)O2. The van der Waals surface area contributed by atoms with E-state index in [1.165, 1.54) is 0 Å². The van der Waals surface area contributed by atoms with Crippen molar-refractivity contribution in [1.82, 2.24) is 0 Å². The van der Waals surface area contributed by atoms with Gasteiger partial charge in [0.15, 0.2) is 5.78 Å². The van der Waals surface area contributed by atoms with Crippen molar-refractivity contribution in [3.8, 4) is 5.75 Å². The zero-order chi connectivity index (χ0) is 21.3. The lowest BCUT2D eigenvalue weighted by atomic mass is 9.66. The van der Waals surface area contributed by atoms with Gasteiger partial charge in [-0.1, -0.05) is 20.8 Å². The number of hydrogen-bond donors (Lipinski definition) is 0. The molecule has 2 aromatic rings. The first-order valence-electron chi connectivity index (χ1n) is 11.5. The zero-order valence-corrected chi connectivity index (χ0v) is 18.7. The van der Waals surface area contributed by atoms with Crippen LogP contribution in [-0.2, 0) is 12.8 Å². The van der Waals surface area contributed by atoms with E-state index in [1.807, 2.05) is 13.0 Å². The predicted octanol–water partition coefficient (Wildman–Crippen LogP) is 5.92. The number of Topliss-reactive ketones (excluding diaryl/α,β-unsaturated/α-hetero) is 1. The van der Waals surface area contributed by atoms with Crippen molar-refractivity contribution in [3.63, 3.8) is 0 Å². The van der Waals surface area contributed by atoms with Gasteiger partial charge in [-0.3, -0.25) is 4.79 Å². The summed E-state index contributed by atoms with van der Waals surface area (Å²) in [6, 6.07) is 1.95. The molecular formula is C26H32O4. The minimum atomic E-state index is -0.404. The Balaban J connectivity index is 1.58. The molecule has 0 atom stereocenters. The molecule has 3 aliphatic rings. The highest BCUT2D eigenvalue weighted by molar-refractivity contribution is 6.05. The summed E-state index contributed by atoms with van der Waals surface area (Å²) in [4.78, 5) is 25.9. The first kappa shape index (κ1) is 19.8. The van der Waals surface area contributed by atoms with Gasteiger partial charge in [-0.25, -0.2) is 4.79 Å². The molecule has 0 radical (unpaired) electrons. The average Bonchev–Trinajstić information content (AvgIpc) is 2.70. The van der Waals surface area contributed by atoms with Crippen molar-refractivity contribution in [1.29, 1.82) is 0 Å². The highest BCUT2D eigenvalue weighted by Crippen LogP contribution is 2.49. The van der Waals surface area contributed by atoms with Gasteiger partial charge in [-0.05, 0) is 81.3 Å². The summed E-state index contributed by atoms with van der Waals surface area (Å²) in [6.07, 6.45) is 8.19. The third kappa shape index (κ3) is 3.02. The molecule has 1 aromatic carbocycles. The van der Waals surface area contributed by atoms with E-state index in [2.05, 4.69) is 20.8 Å². The minimum Gasteiger partial charge on any atom is -0.486 e. The van der Waals surface area contributed by atoms with Crippen molar-refractivity contribution < 1.29 is 13.9 Å². The summed E-state index contributed by atoms with van der Waals surface area (Å²) in [5.41, 5.74) is 3.62. The third-order valence-electron chi connectivity index (χ3n) is 7.92. The van der Waals surface area contributed by atoms with E-state index in [0.717, 1.165) is 73.4 Å². The molecule has 4 heteroatoms. The molecule has 1 saturated carbocycles. The highest BCUT2D eigenvalue weighted by atomic mass is 16.5.